The maximum atomic E-state index is 10.7. The summed E-state index contributed by atoms with van der Waals surface area (Å²) in [6, 6.07) is 0. The van der Waals surface area contributed by atoms with E-state index in [4.69, 9.17) is 9.84 Å². The fourth-order valence-electron chi connectivity index (χ4n) is 1.50. The van der Waals surface area contributed by atoms with Gasteiger partial charge >= 0.3 is 5.97 Å². The fraction of sp³-hybridized carbons (Fsp3) is 0.500. The zero-order valence-electron chi connectivity index (χ0n) is 7.23. The van der Waals surface area contributed by atoms with E-state index < -0.39 is 12.1 Å². The Morgan fingerprint density at radius 3 is 3.31 bits per heavy atom. The molecule has 13 heavy (non-hydrogen) atoms. The van der Waals surface area contributed by atoms with E-state index in [0.717, 1.165) is 5.69 Å². The minimum atomic E-state index is -0.980. The number of aromatic nitrogens is 2. The summed E-state index contributed by atoms with van der Waals surface area (Å²) >= 11 is 0. The molecule has 70 valence electrons. The molecule has 0 saturated heterocycles. The fourth-order valence-corrected chi connectivity index (χ4v) is 1.50. The molecule has 0 spiro atoms. The predicted molar refractivity (Wildman–Crippen MR) is 43.3 cm³/mol. The Morgan fingerprint density at radius 2 is 2.62 bits per heavy atom. The number of carbonyl (C=O) groups is 1. The second kappa shape index (κ2) is 2.85. The summed E-state index contributed by atoms with van der Waals surface area (Å²) in [5.74, 6) is -0.484. The Morgan fingerprint density at radius 1 is 1.85 bits per heavy atom. The van der Waals surface area contributed by atoms with Gasteiger partial charge in [-0.05, 0) is 6.92 Å². The molecule has 2 heterocycles. The van der Waals surface area contributed by atoms with Crippen LogP contribution in [0.4, 0.5) is 0 Å². The third kappa shape index (κ3) is 1.21. The van der Waals surface area contributed by atoms with E-state index in [2.05, 4.69) is 4.98 Å². The number of nitrogens with zero attached hydrogens (tertiary/aromatic N) is 2. The summed E-state index contributed by atoms with van der Waals surface area (Å²) in [6.45, 7) is 3.02. The number of fused-ring (bicyclic) bond motifs is 1. The zero-order valence-corrected chi connectivity index (χ0v) is 7.23. The SMILES string of the molecule is Cc1cnc2n1CCOC2C(=O)O. The maximum absolute atomic E-state index is 10.7. The van der Waals surface area contributed by atoms with E-state index >= 15 is 0 Å². The second-order valence-electron chi connectivity index (χ2n) is 3.00. The van der Waals surface area contributed by atoms with Gasteiger partial charge in [0.1, 0.15) is 5.82 Å². The van der Waals surface area contributed by atoms with E-state index in [9.17, 15) is 4.79 Å². The van der Waals surface area contributed by atoms with Crippen molar-refractivity contribution in [1.29, 1.82) is 0 Å². The molecule has 1 atom stereocenters. The molecule has 1 aromatic heterocycles. The van der Waals surface area contributed by atoms with Gasteiger partial charge < -0.3 is 14.4 Å². The highest BCUT2D eigenvalue weighted by atomic mass is 16.5. The first kappa shape index (κ1) is 8.25. The summed E-state index contributed by atoms with van der Waals surface area (Å²) in [4.78, 5) is 14.8. The normalized spacial score (nSPS) is 21.2. The van der Waals surface area contributed by atoms with Crippen LogP contribution in [0.1, 0.15) is 17.6 Å². The number of aryl methyl sites for hydroxylation is 1. The largest absolute Gasteiger partial charge is 0.479 e. The van der Waals surface area contributed by atoms with Crippen LogP contribution in [0.5, 0.6) is 0 Å². The van der Waals surface area contributed by atoms with Crippen molar-refractivity contribution in [3.8, 4) is 0 Å². The van der Waals surface area contributed by atoms with E-state index in [1.54, 1.807) is 6.20 Å². The lowest BCUT2D eigenvalue weighted by molar-refractivity contribution is -0.153. The molecule has 1 N–H and O–H groups in total. The molecule has 1 aliphatic heterocycles. The van der Waals surface area contributed by atoms with Gasteiger partial charge in [0.2, 0.25) is 6.10 Å². The Bertz CT molecular complexity index is 345. The molecule has 0 saturated carbocycles. The summed E-state index contributed by atoms with van der Waals surface area (Å²) in [7, 11) is 0. The summed E-state index contributed by atoms with van der Waals surface area (Å²) in [6.07, 6.45) is 0.766. The number of aliphatic carboxylic acids is 1. The Kier molecular flexibility index (Phi) is 1.81. The molecule has 1 unspecified atom stereocenters. The van der Waals surface area contributed by atoms with E-state index in [-0.39, 0.29) is 0 Å². The van der Waals surface area contributed by atoms with Crippen LogP contribution in [-0.2, 0) is 16.1 Å². The monoisotopic (exact) mass is 182 g/mol. The van der Waals surface area contributed by atoms with E-state index in [1.807, 2.05) is 11.5 Å². The van der Waals surface area contributed by atoms with Crippen LogP contribution in [0, 0.1) is 6.92 Å². The lowest BCUT2D eigenvalue weighted by Gasteiger charge is -2.21. The van der Waals surface area contributed by atoms with Crippen molar-refractivity contribution in [3.63, 3.8) is 0 Å². The topological polar surface area (TPSA) is 64.4 Å². The maximum Gasteiger partial charge on any atom is 0.340 e. The third-order valence-electron chi connectivity index (χ3n) is 2.14. The number of carboxylic acid groups (broad SMARTS) is 1. The number of hydrogen-bond acceptors (Lipinski definition) is 3. The molecule has 0 fully saturated rings. The van der Waals surface area contributed by atoms with Crippen LogP contribution in [-0.4, -0.2) is 27.2 Å². The van der Waals surface area contributed by atoms with Crippen LogP contribution in [0.15, 0.2) is 6.20 Å². The van der Waals surface area contributed by atoms with Crippen LogP contribution in [0.3, 0.4) is 0 Å². The van der Waals surface area contributed by atoms with Gasteiger partial charge in [0.25, 0.3) is 0 Å². The van der Waals surface area contributed by atoms with Gasteiger partial charge in [-0.25, -0.2) is 9.78 Å². The number of rotatable bonds is 1. The quantitative estimate of drug-likeness (QED) is 0.680. The highest BCUT2D eigenvalue weighted by Crippen LogP contribution is 2.22. The van der Waals surface area contributed by atoms with Gasteiger partial charge in [-0.1, -0.05) is 0 Å². The highest BCUT2D eigenvalue weighted by Gasteiger charge is 2.29. The van der Waals surface area contributed by atoms with Crippen LogP contribution < -0.4 is 0 Å². The van der Waals surface area contributed by atoms with Gasteiger partial charge in [0, 0.05) is 18.4 Å². The molecule has 1 aliphatic rings. The number of hydrogen-bond donors (Lipinski definition) is 1. The molecule has 5 nitrogen and oxygen atoms in total. The van der Waals surface area contributed by atoms with Crippen LogP contribution in [0.2, 0.25) is 0 Å². The minimum absolute atomic E-state index is 0.432. The molecule has 0 radical (unpaired) electrons. The van der Waals surface area contributed by atoms with Crippen molar-refractivity contribution in [2.24, 2.45) is 0 Å². The van der Waals surface area contributed by atoms with E-state index in [1.165, 1.54) is 0 Å². The lowest BCUT2D eigenvalue weighted by atomic mass is 10.3. The van der Waals surface area contributed by atoms with Gasteiger partial charge in [0.15, 0.2) is 0 Å². The van der Waals surface area contributed by atoms with Gasteiger partial charge in [0.05, 0.1) is 6.61 Å². The number of imidazole rings is 1. The first-order valence-corrected chi connectivity index (χ1v) is 4.06. The second-order valence-corrected chi connectivity index (χ2v) is 3.00. The number of carboxylic acids is 1. The van der Waals surface area contributed by atoms with Crippen molar-refractivity contribution in [1.82, 2.24) is 9.55 Å². The summed E-state index contributed by atoms with van der Waals surface area (Å²) in [5, 5.41) is 8.82. The zero-order chi connectivity index (χ0) is 9.42. The standard InChI is InChI=1S/C8H10N2O3/c1-5-4-9-7-6(8(11)12)13-3-2-10(5)7/h4,6H,2-3H2,1H3,(H,11,12). The Labute approximate surface area is 75.0 Å². The molecule has 2 rings (SSSR count). The molecule has 0 aliphatic carbocycles. The van der Waals surface area contributed by atoms with Crippen molar-refractivity contribution in [2.45, 2.75) is 19.6 Å². The van der Waals surface area contributed by atoms with Gasteiger partial charge in [-0.15, -0.1) is 0 Å². The first-order valence-electron chi connectivity index (χ1n) is 4.06. The third-order valence-corrected chi connectivity index (χ3v) is 2.14. The first-order chi connectivity index (χ1) is 6.20. The summed E-state index contributed by atoms with van der Waals surface area (Å²) < 4.78 is 6.97. The molecule has 5 heteroatoms. The predicted octanol–water partition coefficient (Wildman–Crippen LogP) is 0.347. The van der Waals surface area contributed by atoms with Crippen molar-refractivity contribution in [3.05, 3.63) is 17.7 Å². The smallest absolute Gasteiger partial charge is 0.340 e. The minimum Gasteiger partial charge on any atom is -0.479 e. The molecule has 0 aromatic carbocycles. The molecular weight excluding hydrogens is 172 g/mol. The number of ether oxygens (including phenoxy) is 1. The molecule has 0 amide bonds. The molecular formula is C8H10N2O3. The summed E-state index contributed by atoms with van der Waals surface area (Å²) in [5.41, 5.74) is 0.976. The van der Waals surface area contributed by atoms with Gasteiger partial charge in [-0.3, -0.25) is 0 Å². The van der Waals surface area contributed by atoms with E-state index in [0.29, 0.717) is 19.0 Å². The Hall–Kier alpha value is -1.36. The van der Waals surface area contributed by atoms with Crippen molar-refractivity contribution in [2.75, 3.05) is 6.61 Å². The van der Waals surface area contributed by atoms with Crippen LogP contribution in [0.25, 0.3) is 0 Å². The molecule has 0 bridgehead atoms. The van der Waals surface area contributed by atoms with Gasteiger partial charge in [-0.2, -0.15) is 0 Å². The van der Waals surface area contributed by atoms with Crippen molar-refractivity contribution >= 4 is 5.97 Å². The van der Waals surface area contributed by atoms with Crippen molar-refractivity contribution < 1.29 is 14.6 Å². The Balaban J connectivity index is 2.43. The average molecular weight is 182 g/mol. The molecule has 1 aromatic rings. The average Bonchev–Trinajstić information content (AvgIpc) is 2.48. The lowest BCUT2D eigenvalue weighted by Crippen LogP contribution is -2.27. The highest BCUT2D eigenvalue weighted by molar-refractivity contribution is 5.73. The van der Waals surface area contributed by atoms with Crippen LogP contribution >= 0.6 is 0 Å².